The van der Waals surface area contributed by atoms with Gasteiger partial charge < -0.3 is 9.84 Å². The Morgan fingerprint density at radius 2 is 2.00 bits per heavy atom. The Labute approximate surface area is 97.2 Å². The maximum Gasteiger partial charge on any atom is 0.302 e. The molecule has 16 heavy (non-hydrogen) atoms. The summed E-state index contributed by atoms with van der Waals surface area (Å²) in [5, 5.41) is 10.4. The third-order valence-corrected chi connectivity index (χ3v) is 4.35. The molecule has 0 unspecified atom stereocenters. The molecule has 92 valence electrons. The smallest absolute Gasteiger partial charge is 0.302 e. The summed E-state index contributed by atoms with van der Waals surface area (Å²) < 4.78 is 5.40. The predicted molar refractivity (Wildman–Crippen MR) is 60.9 cm³/mol. The molecular weight excluding hydrogens is 204 g/mol. The monoisotopic (exact) mass is 226 g/mol. The summed E-state index contributed by atoms with van der Waals surface area (Å²) in [5.74, 6) is 0.511. The molecule has 0 aromatic heterocycles. The summed E-state index contributed by atoms with van der Waals surface area (Å²) in [5.41, 5.74) is -0.554. The van der Waals surface area contributed by atoms with Crippen molar-refractivity contribution in [3.05, 3.63) is 0 Å². The van der Waals surface area contributed by atoms with E-state index < -0.39 is 5.60 Å². The predicted octanol–water partition coefficient (Wildman–Crippen LogP) is 2.27. The van der Waals surface area contributed by atoms with E-state index in [0.29, 0.717) is 11.8 Å². The van der Waals surface area contributed by atoms with Crippen LogP contribution in [0.4, 0.5) is 0 Å². The molecule has 1 N–H and O–H groups in total. The van der Waals surface area contributed by atoms with Crippen LogP contribution in [0, 0.1) is 11.8 Å². The summed E-state index contributed by atoms with van der Waals surface area (Å²) in [7, 11) is 0. The summed E-state index contributed by atoms with van der Waals surface area (Å²) in [4.78, 5) is 11.1. The van der Waals surface area contributed by atoms with E-state index >= 15 is 0 Å². The van der Waals surface area contributed by atoms with Crippen LogP contribution in [-0.2, 0) is 9.53 Å². The lowest BCUT2D eigenvalue weighted by molar-refractivity contribution is -0.167. The largest absolute Gasteiger partial charge is 0.462 e. The molecule has 3 nitrogen and oxygen atoms in total. The number of esters is 1. The van der Waals surface area contributed by atoms with Crippen LogP contribution in [-0.4, -0.2) is 22.8 Å². The van der Waals surface area contributed by atoms with Gasteiger partial charge in [-0.05, 0) is 38.5 Å². The van der Waals surface area contributed by atoms with Crippen molar-refractivity contribution in [3.63, 3.8) is 0 Å². The molecule has 4 atom stereocenters. The van der Waals surface area contributed by atoms with Gasteiger partial charge in [-0.2, -0.15) is 0 Å². The first-order valence-corrected chi connectivity index (χ1v) is 6.40. The zero-order chi connectivity index (χ0) is 11.8. The van der Waals surface area contributed by atoms with Crippen molar-refractivity contribution in [1.29, 1.82) is 0 Å². The molecule has 2 aliphatic carbocycles. The van der Waals surface area contributed by atoms with E-state index in [1.807, 2.05) is 6.92 Å². The minimum atomic E-state index is -0.554. The fraction of sp³-hybridized carbons (Fsp3) is 0.923. The van der Waals surface area contributed by atoms with E-state index in [0.717, 1.165) is 25.7 Å². The van der Waals surface area contributed by atoms with Gasteiger partial charge in [-0.25, -0.2) is 0 Å². The van der Waals surface area contributed by atoms with Crippen LogP contribution in [0.2, 0.25) is 0 Å². The second-order valence-corrected chi connectivity index (χ2v) is 5.60. The molecule has 0 amide bonds. The molecule has 2 rings (SSSR count). The molecule has 0 aromatic carbocycles. The second kappa shape index (κ2) is 4.36. The topological polar surface area (TPSA) is 46.5 Å². The van der Waals surface area contributed by atoms with Gasteiger partial charge in [0.2, 0.25) is 0 Å². The van der Waals surface area contributed by atoms with Crippen LogP contribution < -0.4 is 0 Å². The molecule has 0 bridgehead atoms. The standard InChI is InChI=1S/C13H22O3/c1-9(14)16-12-7-8-13(2,15)11-6-4-3-5-10(11)12/h10-12,15H,3-8H2,1-2H3/t10-,11-,12-,13+/m1/s1. The number of ether oxygens (including phenoxy) is 1. The summed E-state index contributed by atoms with van der Waals surface area (Å²) in [6, 6.07) is 0. The number of hydrogen-bond donors (Lipinski definition) is 1. The quantitative estimate of drug-likeness (QED) is 0.698. The highest BCUT2D eigenvalue weighted by Crippen LogP contribution is 2.46. The average molecular weight is 226 g/mol. The van der Waals surface area contributed by atoms with Crippen LogP contribution in [0.1, 0.15) is 52.4 Å². The van der Waals surface area contributed by atoms with E-state index in [4.69, 9.17) is 4.74 Å². The molecule has 0 spiro atoms. The number of carbonyl (C=O) groups excluding carboxylic acids is 1. The molecule has 3 heteroatoms. The Morgan fingerprint density at radius 1 is 1.31 bits per heavy atom. The number of aliphatic hydroxyl groups is 1. The maximum atomic E-state index is 11.1. The van der Waals surface area contributed by atoms with Crippen molar-refractivity contribution >= 4 is 5.97 Å². The van der Waals surface area contributed by atoms with Crippen molar-refractivity contribution in [2.24, 2.45) is 11.8 Å². The molecule has 2 saturated carbocycles. The van der Waals surface area contributed by atoms with Crippen molar-refractivity contribution in [2.75, 3.05) is 0 Å². The minimum absolute atomic E-state index is 0.0445. The van der Waals surface area contributed by atoms with Gasteiger partial charge in [0.05, 0.1) is 5.60 Å². The van der Waals surface area contributed by atoms with E-state index in [1.165, 1.54) is 19.8 Å². The van der Waals surface area contributed by atoms with Gasteiger partial charge in [0.25, 0.3) is 0 Å². The van der Waals surface area contributed by atoms with Crippen molar-refractivity contribution in [1.82, 2.24) is 0 Å². The van der Waals surface area contributed by atoms with Crippen molar-refractivity contribution in [3.8, 4) is 0 Å². The Bertz CT molecular complexity index is 272. The Kier molecular flexibility index (Phi) is 3.24. The Balaban J connectivity index is 2.11. The van der Waals surface area contributed by atoms with Gasteiger partial charge in [0.1, 0.15) is 6.10 Å². The van der Waals surface area contributed by atoms with E-state index in [2.05, 4.69) is 0 Å². The Hall–Kier alpha value is -0.570. The first kappa shape index (κ1) is 11.9. The van der Waals surface area contributed by atoms with E-state index in [1.54, 1.807) is 0 Å². The first-order chi connectivity index (χ1) is 7.50. The van der Waals surface area contributed by atoms with Crippen molar-refractivity contribution < 1.29 is 14.6 Å². The zero-order valence-electron chi connectivity index (χ0n) is 10.2. The number of rotatable bonds is 1. The maximum absolute atomic E-state index is 11.1. The summed E-state index contributed by atoms with van der Waals surface area (Å²) in [6.07, 6.45) is 6.19. The molecule has 0 saturated heterocycles. The molecule has 2 aliphatic rings. The summed E-state index contributed by atoms with van der Waals surface area (Å²) in [6.45, 7) is 3.42. The highest BCUT2D eigenvalue weighted by molar-refractivity contribution is 5.66. The lowest BCUT2D eigenvalue weighted by Crippen LogP contribution is -2.50. The molecule has 0 heterocycles. The van der Waals surface area contributed by atoms with Crippen LogP contribution >= 0.6 is 0 Å². The zero-order valence-corrected chi connectivity index (χ0v) is 10.2. The number of fused-ring (bicyclic) bond motifs is 1. The first-order valence-electron chi connectivity index (χ1n) is 6.40. The fourth-order valence-corrected chi connectivity index (χ4v) is 3.57. The molecule has 2 fully saturated rings. The highest BCUT2D eigenvalue weighted by atomic mass is 16.5. The normalized spacial score (nSPS) is 43.6. The van der Waals surface area contributed by atoms with Crippen LogP contribution in [0.3, 0.4) is 0 Å². The van der Waals surface area contributed by atoms with Crippen molar-refractivity contribution in [2.45, 2.75) is 64.1 Å². The van der Waals surface area contributed by atoms with Crippen LogP contribution in [0.25, 0.3) is 0 Å². The number of hydrogen-bond acceptors (Lipinski definition) is 3. The highest BCUT2D eigenvalue weighted by Gasteiger charge is 2.47. The Morgan fingerprint density at radius 3 is 2.69 bits per heavy atom. The summed E-state index contributed by atoms with van der Waals surface area (Å²) >= 11 is 0. The van der Waals surface area contributed by atoms with Gasteiger partial charge >= 0.3 is 5.97 Å². The van der Waals surface area contributed by atoms with Gasteiger partial charge in [-0.3, -0.25) is 4.79 Å². The van der Waals surface area contributed by atoms with Gasteiger partial charge in [-0.15, -0.1) is 0 Å². The average Bonchev–Trinajstić information content (AvgIpc) is 2.23. The lowest BCUT2D eigenvalue weighted by Gasteiger charge is -2.48. The van der Waals surface area contributed by atoms with Crippen LogP contribution in [0.5, 0.6) is 0 Å². The fourth-order valence-electron chi connectivity index (χ4n) is 3.57. The number of carbonyl (C=O) groups is 1. The SMILES string of the molecule is CC(=O)O[C@@H]1CC[C@](C)(O)[C@@H]2CCCC[C@H]21. The molecule has 0 radical (unpaired) electrons. The molecule has 0 aliphatic heterocycles. The van der Waals surface area contributed by atoms with E-state index in [-0.39, 0.29) is 12.1 Å². The molecular formula is C13H22O3. The third kappa shape index (κ3) is 2.24. The minimum Gasteiger partial charge on any atom is -0.462 e. The van der Waals surface area contributed by atoms with Gasteiger partial charge in [0.15, 0.2) is 0 Å². The lowest BCUT2D eigenvalue weighted by atomic mass is 9.62. The van der Waals surface area contributed by atoms with Gasteiger partial charge in [-0.1, -0.05) is 12.8 Å². The third-order valence-electron chi connectivity index (χ3n) is 4.35. The van der Waals surface area contributed by atoms with E-state index in [9.17, 15) is 9.90 Å². The van der Waals surface area contributed by atoms with Gasteiger partial charge in [0, 0.05) is 12.8 Å². The molecule has 0 aromatic rings. The second-order valence-electron chi connectivity index (χ2n) is 5.60. The van der Waals surface area contributed by atoms with Crippen LogP contribution in [0.15, 0.2) is 0 Å².